The number of aromatic amines is 1. The number of H-pyrrole nitrogens is 1. The lowest BCUT2D eigenvalue weighted by molar-refractivity contribution is -0.111. The number of amides is 1. The molecule has 41 heavy (non-hydrogen) atoms. The largest absolute Gasteiger partial charge is 0.360 e. The topological polar surface area (TPSA) is 132 Å². The monoisotopic (exact) mass is 593 g/mol. The van der Waals surface area contributed by atoms with Crippen molar-refractivity contribution in [1.82, 2.24) is 24.6 Å². The second kappa shape index (κ2) is 12.8. The van der Waals surface area contributed by atoms with Crippen LogP contribution in [0.4, 0.5) is 11.6 Å². The highest BCUT2D eigenvalue weighted by atomic mass is 35.5. The Kier molecular flexibility index (Phi) is 8.99. The van der Waals surface area contributed by atoms with Gasteiger partial charge in [0.2, 0.25) is 21.9 Å². The van der Waals surface area contributed by atoms with E-state index in [1.54, 1.807) is 6.20 Å². The van der Waals surface area contributed by atoms with Crippen LogP contribution >= 0.6 is 11.6 Å². The van der Waals surface area contributed by atoms with E-state index in [1.165, 1.54) is 12.2 Å². The molecule has 0 saturated carbocycles. The first-order valence-corrected chi connectivity index (χ1v) is 15.6. The van der Waals surface area contributed by atoms with Gasteiger partial charge in [-0.3, -0.25) is 9.69 Å². The molecule has 0 bridgehead atoms. The summed E-state index contributed by atoms with van der Waals surface area (Å²) in [4.78, 5) is 26.9. The summed E-state index contributed by atoms with van der Waals surface area (Å²) in [5.74, 6) is 0.258. The second-order valence-corrected chi connectivity index (χ2v) is 12.3. The zero-order valence-electron chi connectivity index (χ0n) is 22.6. The van der Waals surface area contributed by atoms with Crippen molar-refractivity contribution in [1.29, 1.82) is 0 Å². The molecular weight excluding hydrogens is 562 g/mol. The van der Waals surface area contributed by atoms with Gasteiger partial charge in [-0.15, -0.1) is 0 Å². The van der Waals surface area contributed by atoms with Crippen molar-refractivity contribution >= 4 is 50.1 Å². The normalized spacial score (nSPS) is 15.0. The lowest BCUT2D eigenvalue weighted by Crippen LogP contribution is -2.39. The molecule has 12 heteroatoms. The number of nitrogens with zero attached hydrogens (tertiary/aromatic N) is 3. The number of benzene rings is 2. The first kappa shape index (κ1) is 28.7. The number of sulfonamides is 1. The molecule has 0 radical (unpaired) electrons. The minimum atomic E-state index is -3.28. The van der Waals surface area contributed by atoms with Crippen LogP contribution in [0.1, 0.15) is 18.4 Å². The van der Waals surface area contributed by atoms with Crippen LogP contribution in [0.25, 0.3) is 22.2 Å². The number of anilines is 2. The van der Waals surface area contributed by atoms with E-state index in [-0.39, 0.29) is 18.5 Å². The van der Waals surface area contributed by atoms with E-state index < -0.39 is 10.0 Å². The van der Waals surface area contributed by atoms with Crippen LogP contribution < -0.4 is 15.4 Å². The number of aromatic nitrogens is 3. The van der Waals surface area contributed by atoms with Crippen LogP contribution in [0.2, 0.25) is 5.02 Å². The third kappa shape index (κ3) is 7.92. The van der Waals surface area contributed by atoms with Crippen LogP contribution in [0, 0.1) is 0 Å². The van der Waals surface area contributed by atoms with E-state index in [0.29, 0.717) is 22.4 Å². The summed E-state index contributed by atoms with van der Waals surface area (Å²) in [5.41, 5.74) is 4.53. The zero-order valence-corrected chi connectivity index (χ0v) is 24.2. The summed E-state index contributed by atoms with van der Waals surface area (Å²) in [5, 5.41) is 7.86. The Morgan fingerprint density at radius 1 is 1.15 bits per heavy atom. The summed E-state index contributed by atoms with van der Waals surface area (Å²) in [6.07, 6.45) is 9.35. The molecule has 0 atom stereocenters. The van der Waals surface area contributed by atoms with E-state index in [1.807, 2.05) is 48.7 Å². The number of halogens is 1. The quantitative estimate of drug-likeness (QED) is 0.200. The lowest BCUT2D eigenvalue weighted by Gasteiger charge is -2.32. The average Bonchev–Trinajstić information content (AvgIpc) is 3.38. The van der Waals surface area contributed by atoms with Gasteiger partial charge in [0.1, 0.15) is 0 Å². The van der Waals surface area contributed by atoms with Crippen LogP contribution in [-0.4, -0.2) is 66.1 Å². The Bertz CT molecular complexity index is 1650. The predicted octanol–water partition coefficient (Wildman–Crippen LogP) is 4.40. The number of piperidine rings is 1. The van der Waals surface area contributed by atoms with Gasteiger partial charge in [0.05, 0.1) is 23.2 Å². The molecule has 1 saturated heterocycles. The molecule has 1 aliphatic heterocycles. The molecule has 3 heterocycles. The van der Waals surface area contributed by atoms with Crippen molar-refractivity contribution in [3.8, 4) is 11.3 Å². The number of carbonyl (C=O) groups is 1. The summed E-state index contributed by atoms with van der Waals surface area (Å²) < 4.78 is 24.4. The molecule has 2 aromatic heterocycles. The molecule has 4 N–H and O–H groups in total. The number of nitrogens with one attached hydrogen (secondary N) is 4. The van der Waals surface area contributed by atoms with Gasteiger partial charge >= 0.3 is 0 Å². The highest BCUT2D eigenvalue weighted by Crippen LogP contribution is 2.32. The number of rotatable bonds is 10. The van der Waals surface area contributed by atoms with Crippen LogP contribution in [0.3, 0.4) is 0 Å². The van der Waals surface area contributed by atoms with Crippen molar-refractivity contribution in [3.63, 3.8) is 0 Å². The van der Waals surface area contributed by atoms with Gasteiger partial charge in [-0.05, 0) is 36.6 Å². The smallest absolute Gasteiger partial charge is 0.248 e. The van der Waals surface area contributed by atoms with Gasteiger partial charge in [0.15, 0.2) is 0 Å². The Labute approximate surface area is 244 Å². The van der Waals surface area contributed by atoms with E-state index in [4.69, 9.17) is 16.6 Å². The molecule has 0 spiro atoms. The number of fused-ring (bicyclic) bond motifs is 1. The maximum Gasteiger partial charge on any atom is 0.248 e. The number of hydrogen-bond donors (Lipinski definition) is 4. The molecule has 4 aromatic rings. The van der Waals surface area contributed by atoms with Gasteiger partial charge in [0.25, 0.3) is 0 Å². The first-order chi connectivity index (χ1) is 19.7. The van der Waals surface area contributed by atoms with E-state index in [2.05, 4.69) is 36.3 Å². The fourth-order valence-electron chi connectivity index (χ4n) is 4.81. The standard InChI is InChI=1S/C29H32ClN7O3S/c1-41(39,40)33-14-4-7-27(38)34-21-10-8-20(9-11-21)19-37-15-12-22(13-16-37)35-29-32-18-25(30)28(36-29)24-17-31-26-6-3-2-5-23(24)26/h2-11,17-18,22,31,33H,12-16,19H2,1H3,(H,34,38)(H,32,35,36). The molecule has 0 unspecified atom stereocenters. The zero-order chi connectivity index (χ0) is 28.8. The van der Waals surface area contributed by atoms with E-state index in [0.717, 1.165) is 60.8 Å². The van der Waals surface area contributed by atoms with Gasteiger partial charge in [-0.2, -0.15) is 0 Å². The fraction of sp³-hybridized carbons (Fsp3) is 0.276. The average molecular weight is 594 g/mol. The highest BCUT2D eigenvalue weighted by Gasteiger charge is 2.21. The Balaban J connectivity index is 1.10. The van der Waals surface area contributed by atoms with Gasteiger partial charge in [-0.25, -0.2) is 23.1 Å². The minimum absolute atomic E-state index is 0.0656. The third-order valence-electron chi connectivity index (χ3n) is 6.87. The molecular formula is C29H32ClN7O3S. The maximum atomic E-state index is 12.0. The number of carbonyl (C=O) groups excluding carboxylic acids is 1. The molecule has 214 valence electrons. The van der Waals surface area contributed by atoms with E-state index >= 15 is 0 Å². The van der Waals surface area contributed by atoms with E-state index in [9.17, 15) is 13.2 Å². The Morgan fingerprint density at radius 2 is 1.90 bits per heavy atom. The molecule has 1 aliphatic rings. The predicted molar refractivity (Wildman–Crippen MR) is 163 cm³/mol. The summed E-state index contributed by atoms with van der Waals surface area (Å²) in [6.45, 7) is 2.76. The minimum Gasteiger partial charge on any atom is -0.360 e. The second-order valence-electron chi connectivity index (χ2n) is 10.0. The summed E-state index contributed by atoms with van der Waals surface area (Å²) >= 11 is 6.48. The molecule has 2 aromatic carbocycles. The highest BCUT2D eigenvalue weighted by molar-refractivity contribution is 7.88. The van der Waals surface area contributed by atoms with Gasteiger partial charge in [-0.1, -0.05) is 48.0 Å². The third-order valence-corrected chi connectivity index (χ3v) is 7.84. The summed E-state index contributed by atoms with van der Waals surface area (Å²) in [7, 11) is -3.28. The maximum absolute atomic E-state index is 12.0. The van der Waals surface area contributed by atoms with Crippen molar-refractivity contribution in [2.24, 2.45) is 0 Å². The van der Waals surface area contributed by atoms with Crippen molar-refractivity contribution in [3.05, 3.63) is 83.7 Å². The number of likely N-dealkylation sites (tertiary alicyclic amines) is 1. The molecule has 10 nitrogen and oxygen atoms in total. The lowest BCUT2D eigenvalue weighted by atomic mass is 10.0. The number of hydrogen-bond acceptors (Lipinski definition) is 7. The Morgan fingerprint density at radius 3 is 2.66 bits per heavy atom. The Hall–Kier alpha value is -3.77. The van der Waals surface area contributed by atoms with Gasteiger partial charge < -0.3 is 15.6 Å². The first-order valence-electron chi connectivity index (χ1n) is 13.3. The van der Waals surface area contributed by atoms with Crippen LogP contribution in [0.5, 0.6) is 0 Å². The van der Waals surface area contributed by atoms with Crippen molar-refractivity contribution in [2.75, 3.05) is 36.5 Å². The van der Waals surface area contributed by atoms with Gasteiger partial charge in [0, 0.05) is 66.6 Å². The molecule has 1 amide bonds. The summed E-state index contributed by atoms with van der Waals surface area (Å²) in [6, 6.07) is 16.1. The van der Waals surface area contributed by atoms with Crippen LogP contribution in [0.15, 0.2) is 73.1 Å². The van der Waals surface area contributed by atoms with Crippen molar-refractivity contribution < 1.29 is 13.2 Å². The number of para-hydroxylation sites is 1. The molecule has 1 fully saturated rings. The molecule has 0 aliphatic carbocycles. The SMILES string of the molecule is CS(=O)(=O)NCC=CC(=O)Nc1ccc(CN2CCC(Nc3ncc(Cl)c(-c4c[nH]c5ccccc45)n3)CC2)cc1. The van der Waals surface area contributed by atoms with Crippen LogP contribution in [-0.2, 0) is 21.4 Å². The fourth-order valence-corrected chi connectivity index (χ4v) is 5.40. The molecule has 5 rings (SSSR count). The van der Waals surface area contributed by atoms with Crippen molar-refractivity contribution in [2.45, 2.75) is 25.4 Å².